The van der Waals surface area contributed by atoms with E-state index in [0.29, 0.717) is 18.7 Å². The van der Waals surface area contributed by atoms with Gasteiger partial charge < -0.3 is 19.6 Å². The maximum atomic E-state index is 13.1. The second-order valence-electron chi connectivity index (χ2n) is 11.9. The zero-order chi connectivity index (χ0) is 30.2. The fraction of sp³-hybridized carbons (Fsp3) is 0.394. The number of aromatic nitrogens is 3. The molecule has 4 aromatic rings. The molecule has 1 saturated carbocycles. The van der Waals surface area contributed by atoms with Crippen LogP contribution in [0.15, 0.2) is 54.0 Å². The number of amides is 1. The van der Waals surface area contributed by atoms with Crippen molar-refractivity contribution in [3.63, 3.8) is 0 Å². The molecule has 2 bridgehead atoms. The third-order valence-electron chi connectivity index (χ3n) is 8.93. The van der Waals surface area contributed by atoms with Crippen LogP contribution in [0.1, 0.15) is 45.6 Å². The third-order valence-corrected chi connectivity index (χ3v) is 9.83. The summed E-state index contributed by atoms with van der Waals surface area (Å²) in [6.07, 6.45) is 3.68. The summed E-state index contributed by atoms with van der Waals surface area (Å²) in [7, 11) is 3.67. The Morgan fingerprint density at radius 2 is 1.86 bits per heavy atom. The van der Waals surface area contributed by atoms with Gasteiger partial charge in [0.25, 0.3) is 5.91 Å². The Hall–Kier alpha value is -4.18. The Bertz CT molecular complexity index is 1650. The van der Waals surface area contributed by atoms with E-state index in [0.717, 1.165) is 70.5 Å². The van der Waals surface area contributed by atoms with Crippen molar-refractivity contribution < 1.29 is 19.4 Å². The number of hydrogen-bond donors (Lipinski definition) is 1. The highest BCUT2D eigenvalue weighted by molar-refractivity contribution is 7.14. The molecule has 3 heterocycles. The van der Waals surface area contributed by atoms with Crippen LogP contribution in [0, 0.1) is 31.6 Å². The van der Waals surface area contributed by atoms with E-state index >= 15 is 0 Å². The summed E-state index contributed by atoms with van der Waals surface area (Å²) < 4.78 is 8.14. The fourth-order valence-electron chi connectivity index (χ4n) is 6.52. The van der Waals surface area contributed by atoms with Crippen LogP contribution in [0.5, 0.6) is 5.75 Å². The molecule has 2 aromatic heterocycles. The molecule has 2 atom stereocenters. The van der Waals surface area contributed by atoms with Gasteiger partial charge in [0, 0.05) is 49.9 Å². The van der Waals surface area contributed by atoms with E-state index in [1.54, 1.807) is 34.2 Å². The van der Waals surface area contributed by atoms with Crippen LogP contribution in [0.4, 0.5) is 5.13 Å². The SMILES string of the molecule is Cc1ccc(OCc2ccc(C(=O)N(C)Cc3ccnn3C)cc2C)c(-c2csc(N3CC4CCC(C3)C4C(=O)O)n2)c1. The van der Waals surface area contributed by atoms with Gasteiger partial charge in [0.15, 0.2) is 5.13 Å². The average molecular weight is 600 g/mol. The van der Waals surface area contributed by atoms with Crippen LogP contribution in [-0.4, -0.2) is 56.8 Å². The highest BCUT2D eigenvalue weighted by Crippen LogP contribution is 2.44. The van der Waals surface area contributed by atoms with E-state index in [-0.39, 0.29) is 23.7 Å². The zero-order valence-corrected chi connectivity index (χ0v) is 25.8. The van der Waals surface area contributed by atoms with Crippen LogP contribution < -0.4 is 9.64 Å². The second-order valence-corrected chi connectivity index (χ2v) is 12.8. The van der Waals surface area contributed by atoms with Gasteiger partial charge in [-0.3, -0.25) is 14.3 Å². The molecule has 43 heavy (non-hydrogen) atoms. The molecule has 2 fully saturated rings. The number of carbonyl (C=O) groups excluding carboxylic acids is 1. The minimum Gasteiger partial charge on any atom is -0.488 e. The molecule has 1 saturated heterocycles. The Morgan fingerprint density at radius 1 is 1.09 bits per heavy atom. The van der Waals surface area contributed by atoms with Crippen molar-refractivity contribution in [2.75, 3.05) is 25.0 Å². The van der Waals surface area contributed by atoms with E-state index < -0.39 is 5.97 Å². The van der Waals surface area contributed by atoms with Crippen LogP contribution in [0.25, 0.3) is 11.3 Å². The number of fused-ring (bicyclic) bond motifs is 2. The predicted molar refractivity (Wildman–Crippen MR) is 166 cm³/mol. The lowest BCUT2D eigenvalue weighted by Gasteiger charge is -2.35. The number of rotatable bonds is 9. The van der Waals surface area contributed by atoms with Crippen molar-refractivity contribution in [1.29, 1.82) is 0 Å². The largest absolute Gasteiger partial charge is 0.488 e. The summed E-state index contributed by atoms with van der Waals surface area (Å²) in [6, 6.07) is 13.8. The molecule has 224 valence electrons. The number of benzene rings is 2. The molecular weight excluding hydrogens is 562 g/mol. The first-order valence-corrected chi connectivity index (χ1v) is 15.5. The minimum atomic E-state index is -0.655. The highest BCUT2D eigenvalue weighted by atomic mass is 32.1. The van der Waals surface area contributed by atoms with Crippen molar-refractivity contribution in [1.82, 2.24) is 19.7 Å². The molecule has 1 aliphatic heterocycles. The number of thiazole rings is 1. The molecule has 1 amide bonds. The third kappa shape index (κ3) is 5.88. The highest BCUT2D eigenvalue weighted by Gasteiger charge is 2.46. The van der Waals surface area contributed by atoms with Crippen LogP contribution >= 0.6 is 11.3 Å². The van der Waals surface area contributed by atoms with Crippen LogP contribution in [0.2, 0.25) is 0 Å². The van der Waals surface area contributed by atoms with Gasteiger partial charge >= 0.3 is 5.97 Å². The molecule has 1 aliphatic carbocycles. The molecule has 2 unspecified atom stereocenters. The topological polar surface area (TPSA) is 101 Å². The van der Waals surface area contributed by atoms with Crippen molar-refractivity contribution >= 4 is 28.3 Å². The monoisotopic (exact) mass is 599 g/mol. The Balaban J connectivity index is 1.14. The molecule has 2 aliphatic rings. The zero-order valence-electron chi connectivity index (χ0n) is 25.0. The molecule has 10 heteroatoms. The Labute approximate surface area is 255 Å². The van der Waals surface area contributed by atoms with Crippen molar-refractivity contribution in [3.8, 4) is 17.0 Å². The second kappa shape index (κ2) is 11.8. The number of anilines is 1. The first kappa shape index (κ1) is 28.9. The Morgan fingerprint density at radius 3 is 2.53 bits per heavy atom. The molecule has 2 aromatic carbocycles. The molecular formula is C33H37N5O4S. The van der Waals surface area contributed by atoms with Gasteiger partial charge in [0.1, 0.15) is 12.4 Å². The van der Waals surface area contributed by atoms with E-state index in [9.17, 15) is 14.7 Å². The summed E-state index contributed by atoms with van der Waals surface area (Å²) >= 11 is 1.60. The maximum absolute atomic E-state index is 13.1. The van der Waals surface area contributed by atoms with E-state index in [2.05, 4.69) is 28.4 Å². The minimum absolute atomic E-state index is 0.0443. The number of ether oxygens (including phenoxy) is 1. The van der Waals surface area contributed by atoms with Crippen molar-refractivity contribution in [3.05, 3.63) is 82.0 Å². The normalized spacial score (nSPS) is 19.4. The number of carboxylic acids is 1. The van der Waals surface area contributed by atoms with E-state index in [4.69, 9.17) is 9.72 Å². The van der Waals surface area contributed by atoms with Crippen LogP contribution in [0.3, 0.4) is 0 Å². The number of carbonyl (C=O) groups is 2. The Kier molecular flexibility index (Phi) is 7.96. The van der Waals surface area contributed by atoms with Crippen molar-refractivity contribution in [2.24, 2.45) is 24.8 Å². The van der Waals surface area contributed by atoms with Gasteiger partial charge in [-0.05, 0) is 80.0 Å². The van der Waals surface area contributed by atoms with Gasteiger partial charge in [0.2, 0.25) is 0 Å². The summed E-state index contributed by atoms with van der Waals surface area (Å²) in [5, 5.41) is 16.9. The predicted octanol–water partition coefficient (Wildman–Crippen LogP) is 5.56. The van der Waals surface area contributed by atoms with Gasteiger partial charge in [-0.25, -0.2) is 4.98 Å². The molecule has 1 N–H and O–H groups in total. The first-order valence-electron chi connectivity index (χ1n) is 14.7. The number of carboxylic acid groups (broad SMARTS) is 1. The number of hydrogen-bond acceptors (Lipinski definition) is 7. The number of aryl methyl sites for hydroxylation is 3. The van der Waals surface area contributed by atoms with E-state index in [1.165, 1.54) is 0 Å². The molecule has 6 rings (SSSR count). The van der Waals surface area contributed by atoms with Gasteiger partial charge in [-0.2, -0.15) is 5.10 Å². The quantitative estimate of drug-likeness (QED) is 0.269. The lowest BCUT2D eigenvalue weighted by Crippen LogP contribution is -2.44. The summed E-state index contributed by atoms with van der Waals surface area (Å²) in [4.78, 5) is 33.8. The summed E-state index contributed by atoms with van der Waals surface area (Å²) in [5.74, 6) is 0.203. The lowest BCUT2D eigenvalue weighted by atomic mass is 9.85. The molecule has 0 spiro atoms. The molecule has 0 radical (unpaired) electrons. The number of piperidine rings is 1. The lowest BCUT2D eigenvalue weighted by molar-refractivity contribution is -0.144. The number of aliphatic carboxylic acids is 1. The molecule has 9 nitrogen and oxygen atoms in total. The summed E-state index contributed by atoms with van der Waals surface area (Å²) in [5.41, 5.74) is 6.52. The average Bonchev–Trinajstić information content (AvgIpc) is 3.70. The number of nitrogens with zero attached hydrogens (tertiary/aromatic N) is 5. The first-order chi connectivity index (χ1) is 20.7. The smallest absolute Gasteiger partial charge is 0.307 e. The van der Waals surface area contributed by atoms with Gasteiger partial charge in [0.05, 0.1) is 23.9 Å². The van der Waals surface area contributed by atoms with Crippen LogP contribution in [-0.2, 0) is 25.0 Å². The van der Waals surface area contributed by atoms with Crippen molar-refractivity contribution in [2.45, 2.75) is 39.8 Å². The summed E-state index contributed by atoms with van der Waals surface area (Å²) in [6.45, 7) is 6.39. The standard InChI is InChI=1S/C33H37N5O4S/c1-20-5-10-29(27(13-20)28-19-43-33(35-28)38-15-23-7-8-24(16-38)30(23)32(40)41)42-18-25-9-6-22(14-21(25)2)31(39)36(3)17-26-11-12-34-37(26)4/h5-6,9-14,19,23-24,30H,7-8,15-18H2,1-4H3,(H,40,41). The van der Waals surface area contributed by atoms with Gasteiger partial charge in [-0.1, -0.05) is 17.7 Å². The van der Waals surface area contributed by atoms with Gasteiger partial charge in [-0.15, -0.1) is 11.3 Å². The maximum Gasteiger partial charge on any atom is 0.307 e. The van der Waals surface area contributed by atoms with E-state index in [1.807, 2.05) is 50.4 Å². The fourth-order valence-corrected chi connectivity index (χ4v) is 7.37.